The van der Waals surface area contributed by atoms with Crippen LogP contribution in [0.25, 0.3) is 39.3 Å². The summed E-state index contributed by atoms with van der Waals surface area (Å²) in [6, 6.07) is 22.6. The molecule has 7 nitrogen and oxygen atoms in total. The lowest BCUT2D eigenvalue weighted by atomic mass is 9.96. The fourth-order valence-corrected chi connectivity index (χ4v) is 5.31. The summed E-state index contributed by atoms with van der Waals surface area (Å²) in [4.78, 5) is 30.9. The summed E-state index contributed by atoms with van der Waals surface area (Å²) < 4.78 is 34.2. The normalized spacial score (nSPS) is 16.6. The molecule has 0 spiro atoms. The van der Waals surface area contributed by atoms with Crippen LogP contribution in [0.2, 0.25) is 0 Å². The summed E-state index contributed by atoms with van der Waals surface area (Å²) in [5.41, 5.74) is 9.32. The Balaban J connectivity index is 1.26. The van der Waals surface area contributed by atoms with Gasteiger partial charge in [0.15, 0.2) is 0 Å². The van der Waals surface area contributed by atoms with Gasteiger partial charge in [-0.15, -0.1) is 0 Å². The minimum atomic E-state index is -1.36. The molecule has 1 aliphatic heterocycles. The van der Waals surface area contributed by atoms with E-state index in [0.717, 1.165) is 33.2 Å². The number of likely N-dealkylation sites (tertiary alicyclic amines) is 1. The van der Waals surface area contributed by atoms with Crippen LogP contribution < -0.4 is 11.1 Å². The molecule has 0 aliphatic carbocycles. The number of hydrogen-bond donors (Lipinski definition) is 2. The summed E-state index contributed by atoms with van der Waals surface area (Å²) in [5.74, 6) is 0.0977. The van der Waals surface area contributed by atoms with E-state index in [1.54, 1.807) is 53.6 Å². The van der Waals surface area contributed by atoms with Crippen LogP contribution in [0.1, 0.15) is 35.0 Å². The first-order valence-corrected chi connectivity index (χ1v) is 14.2. The summed E-state index contributed by atoms with van der Waals surface area (Å²) in [6.07, 6.45) is 4.96. The summed E-state index contributed by atoms with van der Waals surface area (Å²) in [7, 11) is 0. The molecule has 1 saturated heterocycles. The van der Waals surface area contributed by atoms with Crippen LogP contribution in [0, 0.1) is 5.82 Å². The van der Waals surface area contributed by atoms with Gasteiger partial charge in [0, 0.05) is 41.8 Å². The van der Waals surface area contributed by atoms with Crippen LogP contribution in [0.4, 0.5) is 14.6 Å². The Morgan fingerprint density at radius 3 is 2.45 bits per heavy atom. The van der Waals surface area contributed by atoms with Crippen LogP contribution in [0.5, 0.6) is 0 Å². The molecule has 1 fully saturated rings. The van der Waals surface area contributed by atoms with Gasteiger partial charge < -0.3 is 20.4 Å². The molecule has 6 rings (SSSR count). The monoisotopic (exact) mass is 592 g/mol. The van der Waals surface area contributed by atoms with Crippen LogP contribution in [-0.2, 0) is 11.3 Å². The lowest BCUT2D eigenvalue weighted by Gasteiger charge is -2.17. The third kappa shape index (κ3) is 6.36. The van der Waals surface area contributed by atoms with Crippen molar-refractivity contribution < 1.29 is 22.8 Å². The molecular formula is C35H30F2N4O3. The highest BCUT2D eigenvalue weighted by Crippen LogP contribution is 2.36. The predicted molar refractivity (Wildman–Crippen MR) is 167 cm³/mol. The van der Waals surface area contributed by atoms with Crippen molar-refractivity contribution in [2.24, 2.45) is 0 Å². The lowest BCUT2D eigenvalue weighted by Crippen LogP contribution is -2.31. The van der Waals surface area contributed by atoms with Gasteiger partial charge in [0.1, 0.15) is 28.6 Å². The number of hydrogen-bond acceptors (Lipinski definition) is 5. The first kappa shape index (κ1) is 28.8. The SMILES string of the molecule is CC1(F)CCN(C(=O)c2ccc(-c3cc(-c4ccc(F)cc4)c4oc(CNC(=O)/C=C/c5ccc(N)nc5)cc4c3)cc2)C1. The maximum atomic E-state index is 14.3. The molecule has 1 unspecified atom stereocenters. The molecule has 2 aromatic heterocycles. The average Bonchev–Trinajstić information content (AvgIpc) is 3.61. The molecular weight excluding hydrogens is 562 g/mol. The van der Waals surface area contributed by atoms with Crippen LogP contribution in [-0.4, -0.2) is 40.5 Å². The highest BCUT2D eigenvalue weighted by molar-refractivity contribution is 5.98. The van der Waals surface area contributed by atoms with Crippen molar-refractivity contribution >= 4 is 34.7 Å². The highest BCUT2D eigenvalue weighted by Gasteiger charge is 2.36. The maximum absolute atomic E-state index is 14.3. The number of rotatable bonds is 7. The van der Waals surface area contributed by atoms with Crippen LogP contribution in [0.3, 0.4) is 0 Å². The standard InChI is InChI=1S/C35H30F2N4O3/c1-35(37)14-15-41(21-35)34(43)25-6-4-23(5-7-25)26-16-27-17-29(20-40-32(42)13-3-22-2-12-31(38)39-19-22)44-33(27)30(18-26)24-8-10-28(36)11-9-24/h2-13,16-19H,14-15,20-21H2,1H3,(H2,38,39)(H,40,42)/b13-3+. The van der Waals surface area contributed by atoms with Gasteiger partial charge in [-0.2, -0.15) is 0 Å². The molecule has 0 bridgehead atoms. The van der Waals surface area contributed by atoms with Crippen molar-refractivity contribution in [3.8, 4) is 22.3 Å². The lowest BCUT2D eigenvalue weighted by molar-refractivity contribution is -0.116. The van der Waals surface area contributed by atoms with E-state index in [1.807, 2.05) is 30.3 Å². The summed E-state index contributed by atoms with van der Waals surface area (Å²) in [6.45, 7) is 2.16. The highest BCUT2D eigenvalue weighted by atomic mass is 19.1. The van der Waals surface area contributed by atoms with E-state index in [9.17, 15) is 18.4 Å². The van der Waals surface area contributed by atoms with Gasteiger partial charge in [0.2, 0.25) is 5.91 Å². The Labute approximate surface area is 253 Å². The second-order valence-electron chi connectivity index (χ2n) is 11.2. The van der Waals surface area contributed by atoms with E-state index < -0.39 is 5.67 Å². The Bertz CT molecular complexity index is 1860. The zero-order valence-electron chi connectivity index (χ0n) is 24.0. The zero-order chi connectivity index (χ0) is 30.8. The molecule has 1 aliphatic rings. The fraction of sp³-hybridized carbons (Fsp3) is 0.171. The number of benzene rings is 3. The van der Waals surface area contributed by atoms with Crippen molar-refractivity contribution in [1.29, 1.82) is 0 Å². The molecule has 2 amide bonds. The number of alkyl halides is 1. The molecule has 3 heterocycles. The number of nitrogens with two attached hydrogens (primary N) is 1. The molecule has 0 saturated carbocycles. The molecule has 44 heavy (non-hydrogen) atoms. The van der Waals surface area contributed by atoms with Crippen molar-refractivity contribution in [3.63, 3.8) is 0 Å². The van der Waals surface area contributed by atoms with E-state index in [2.05, 4.69) is 10.3 Å². The number of nitrogens with zero attached hydrogens (tertiary/aromatic N) is 2. The van der Waals surface area contributed by atoms with Gasteiger partial charge in [-0.25, -0.2) is 13.8 Å². The molecule has 3 N–H and O–H groups in total. The molecule has 3 aromatic carbocycles. The molecule has 5 aromatic rings. The largest absolute Gasteiger partial charge is 0.459 e. The van der Waals surface area contributed by atoms with Gasteiger partial charge in [0.25, 0.3) is 5.91 Å². The quantitative estimate of drug-likeness (QED) is 0.203. The Morgan fingerprint density at radius 1 is 1.02 bits per heavy atom. The maximum Gasteiger partial charge on any atom is 0.253 e. The molecule has 222 valence electrons. The minimum absolute atomic E-state index is 0.0882. The average molecular weight is 593 g/mol. The van der Waals surface area contributed by atoms with E-state index in [0.29, 0.717) is 35.7 Å². The number of pyridine rings is 1. The van der Waals surface area contributed by atoms with Crippen molar-refractivity contribution in [2.45, 2.75) is 25.6 Å². The van der Waals surface area contributed by atoms with Gasteiger partial charge in [-0.05, 0) is 89.9 Å². The van der Waals surface area contributed by atoms with Crippen molar-refractivity contribution in [1.82, 2.24) is 15.2 Å². The first-order valence-electron chi connectivity index (χ1n) is 14.2. The Morgan fingerprint density at radius 2 is 1.77 bits per heavy atom. The molecule has 9 heteroatoms. The van der Waals surface area contributed by atoms with E-state index in [4.69, 9.17) is 10.2 Å². The van der Waals surface area contributed by atoms with Crippen molar-refractivity contribution in [2.75, 3.05) is 18.8 Å². The second kappa shape index (κ2) is 11.8. The second-order valence-corrected chi connectivity index (χ2v) is 11.2. The number of anilines is 1. The summed E-state index contributed by atoms with van der Waals surface area (Å²) >= 11 is 0. The zero-order valence-corrected chi connectivity index (χ0v) is 24.0. The smallest absolute Gasteiger partial charge is 0.253 e. The number of nitrogens with one attached hydrogen (secondary N) is 1. The van der Waals surface area contributed by atoms with E-state index in [-0.39, 0.29) is 30.7 Å². The number of fused-ring (bicyclic) bond motifs is 1. The third-order valence-electron chi connectivity index (χ3n) is 7.67. The number of amides is 2. The number of furan rings is 1. The molecule has 1 atom stereocenters. The topological polar surface area (TPSA) is 101 Å². The Hall–Kier alpha value is -5.31. The number of aromatic nitrogens is 1. The van der Waals surface area contributed by atoms with Gasteiger partial charge >= 0.3 is 0 Å². The minimum Gasteiger partial charge on any atom is -0.459 e. The number of carbonyl (C=O) groups is 2. The van der Waals surface area contributed by atoms with Crippen LogP contribution in [0.15, 0.2) is 95.6 Å². The van der Waals surface area contributed by atoms with Gasteiger partial charge in [0.05, 0.1) is 13.1 Å². The summed E-state index contributed by atoms with van der Waals surface area (Å²) in [5, 5.41) is 3.63. The van der Waals surface area contributed by atoms with Gasteiger partial charge in [-0.1, -0.05) is 24.3 Å². The third-order valence-corrected chi connectivity index (χ3v) is 7.67. The molecule has 0 radical (unpaired) electrons. The fourth-order valence-electron chi connectivity index (χ4n) is 5.31. The van der Waals surface area contributed by atoms with Gasteiger partial charge in [-0.3, -0.25) is 9.59 Å². The van der Waals surface area contributed by atoms with E-state index >= 15 is 0 Å². The first-order chi connectivity index (χ1) is 21.1. The Kier molecular flexibility index (Phi) is 7.69. The number of halogens is 2. The van der Waals surface area contributed by atoms with Crippen LogP contribution >= 0.6 is 0 Å². The number of carbonyl (C=O) groups excluding carboxylic acids is 2. The van der Waals surface area contributed by atoms with E-state index in [1.165, 1.54) is 25.1 Å². The predicted octanol–water partition coefficient (Wildman–Crippen LogP) is 6.79. The number of nitrogen functional groups attached to an aromatic ring is 1. The van der Waals surface area contributed by atoms with Crippen molar-refractivity contribution in [3.05, 3.63) is 114 Å².